The molecule has 2 aromatic heterocycles. The summed E-state index contributed by atoms with van der Waals surface area (Å²) in [5, 5.41) is 0. The van der Waals surface area contributed by atoms with E-state index < -0.39 is 0 Å². The number of aromatic nitrogens is 2. The summed E-state index contributed by atoms with van der Waals surface area (Å²) in [6.45, 7) is 10.5. The third-order valence-corrected chi connectivity index (χ3v) is 4.46. The quantitative estimate of drug-likeness (QED) is 0.638. The lowest BCUT2D eigenvalue weighted by Gasteiger charge is -1.97. The van der Waals surface area contributed by atoms with E-state index in [-0.39, 0.29) is 0 Å². The first-order valence-electron chi connectivity index (χ1n) is 7.20. The van der Waals surface area contributed by atoms with Gasteiger partial charge in [0.1, 0.15) is 5.82 Å². The highest BCUT2D eigenvalue weighted by molar-refractivity contribution is 7.15. The van der Waals surface area contributed by atoms with Crippen LogP contribution < -0.4 is 0 Å². The molecule has 0 saturated carbocycles. The van der Waals surface area contributed by atoms with Crippen molar-refractivity contribution in [3.05, 3.63) is 40.8 Å². The van der Waals surface area contributed by atoms with Crippen molar-refractivity contribution in [2.24, 2.45) is 0 Å². The molecule has 20 heavy (non-hydrogen) atoms. The molecular weight excluding hydrogens is 264 g/mol. The van der Waals surface area contributed by atoms with Crippen molar-refractivity contribution in [2.75, 3.05) is 0 Å². The van der Waals surface area contributed by atoms with Gasteiger partial charge >= 0.3 is 0 Å². The standard InChI is InChI=1S/C15H16N2S.C2H6/c1-9(2)13-6-7-14(18-13)15-16-11-5-4-10(3)8-12(11)17-15;1-2/h4-9H,1-3H3,(H,16,17);1-2H3. The zero-order valence-corrected chi connectivity index (χ0v) is 13.6. The minimum Gasteiger partial charge on any atom is -0.337 e. The Kier molecular flexibility index (Phi) is 4.61. The fraction of sp³-hybridized carbons (Fsp3) is 0.353. The van der Waals surface area contributed by atoms with Crippen LogP contribution in [0, 0.1) is 6.92 Å². The predicted octanol–water partition coefficient (Wildman–Crippen LogP) is 5.75. The molecule has 0 aliphatic carbocycles. The summed E-state index contributed by atoms with van der Waals surface area (Å²) < 4.78 is 0. The molecule has 0 fully saturated rings. The minimum atomic E-state index is 0.579. The third kappa shape index (κ3) is 2.93. The Balaban J connectivity index is 0.000000704. The second-order valence-electron chi connectivity index (χ2n) is 4.96. The first kappa shape index (κ1) is 14.8. The van der Waals surface area contributed by atoms with Gasteiger partial charge in [0.25, 0.3) is 0 Å². The average Bonchev–Trinajstić information content (AvgIpc) is 3.06. The molecular formula is C17H22N2S. The Morgan fingerprint density at radius 3 is 2.50 bits per heavy atom. The molecule has 2 heterocycles. The average molecular weight is 286 g/mol. The van der Waals surface area contributed by atoms with E-state index in [4.69, 9.17) is 0 Å². The molecule has 0 radical (unpaired) electrons. The first-order valence-corrected chi connectivity index (χ1v) is 8.01. The second kappa shape index (κ2) is 6.23. The molecule has 0 aliphatic heterocycles. The Hall–Kier alpha value is -1.61. The van der Waals surface area contributed by atoms with E-state index in [0.717, 1.165) is 16.9 Å². The number of benzene rings is 1. The number of thiophene rings is 1. The molecule has 1 aromatic carbocycles. The SMILES string of the molecule is CC.Cc1ccc2nc(-c3ccc(C(C)C)s3)[nH]c2c1. The van der Waals surface area contributed by atoms with Crippen molar-refractivity contribution in [1.29, 1.82) is 0 Å². The number of nitrogens with one attached hydrogen (secondary N) is 1. The highest BCUT2D eigenvalue weighted by Crippen LogP contribution is 2.31. The van der Waals surface area contributed by atoms with Crippen molar-refractivity contribution in [3.63, 3.8) is 0 Å². The van der Waals surface area contributed by atoms with Gasteiger partial charge in [0.2, 0.25) is 0 Å². The van der Waals surface area contributed by atoms with Gasteiger partial charge in [-0.05, 0) is 42.7 Å². The van der Waals surface area contributed by atoms with E-state index in [9.17, 15) is 0 Å². The van der Waals surface area contributed by atoms with Gasteiger partial charge < -0.3 is 4.98 Å². The minimum absolute atomic E-state index is 0.579. The van der Waals surface area contributed by atoms with Crippen LogP contribution in [0.4, 0.5) is 0 Å². The lowest BCUT2D eigenvalue weighted by atomic mass is 10.2. The van der Waals surface area contributed by atoms with E-state index >= 15 is 0 Å². The van der Waals surface area contributed by atoms with Crippen LogP contribution >= 0.6 is 11.3 Å². The van der Waals surface area contributed by atoms with E-state index in [0.29, 0.717) is 5.92 Å². The van der Waals surface area contributed by atoms with Crippen molar-refractivity contribution in [1.82, 2.24) is 9.97 Å². The molecule has 0 aliphatic rings. The van der Waals surface area contributed by atoms with Crippen LogP contribution in [0.2, 0.25) is 0 Å². The van der Waals surface area contributed by atoms with Crippen molar-refractivity contribution < 1.29 is 0 Å². The Morgan fingerprint density at radius 2 is 1.85 bits per heavy atom. The fourth-order valence-electron chi connectivity index (χ4n) is 2.03. The van der Waals surface area contributed by atoms with Gasteiger partial charge in [0.15, 0.2) is 0 Å². The zero-order chi connectivity index (χ0) is 14.7. The van der Waals surface area contributed by atoms with Crippen LogP contribution in [0.15, 0.2) is 30.3 Å². The number of fused-ring (bicyclic) bond motifs is 1. The van der Waals surface area contributed by atoms with Gasteiger partial charge in [-0.15, -0.1) is 11.3 Å². The summed E-state index contributed by atoms with van der Waals surface area (Å²) in [5.74, 6) is 1.56. The van der Waals surface area contributed by atoms with E-state index in [1.807, 2.05) is 25.2 Å². The number of hydrogen-bond acceptors (Lipinski definition) is 2. The van der Waals surface area contributed by atoms with Gasteiger partial charge in [0.05, 0.1) is 15.9 Å². The lowest BCUT2D eigenvalue weighted by molar-refractivity contribution is 0.890. The molecule has 0 atom stereocenters. The van der Waals surface area contributed by atoms with Crippen LogP contribution in [0.3, 0.4) is 0 Å². The van der Waals surface area contributed by atoms with E-state index in [2.05, 4.69) is 61.1 Å². The topological polar surface area (TPSA) is 28.7 Å². The van der Waals surface area contributed by atoms with Crippen molar-refractivity contribution in [2.45, 2.75) is 40.5 Å². The van der Waals surface area contributed by atoms with Gasteiger partial charge in [-0.25, -0.2) is 4.98 Å². The smallest absolute Gasteiger partial charge is 0.148 e. The fourth-order valence-corrected chi connectivity index (χ4v) is 2.99. The molecule has 3 rings (SSSR count). The molecule has 0 bridgehead atoms. The highest BCUT2D eigenvalue weighted by atomic mass is 32.1. The Morgan fingerprint density at radius 1 is 1.10 bits per heavy atom. The molecule has 1 N–H and O–H groups in total. The maximum absolute atomic E-state index is 4.65. The van der Waals surface area contributed by atoms with Crippen LogP contribution in [-0.4, -0.2) is 9.97 Å². The second-order valence-corrected chi connectivity index (χ2v) is 6.08. The summed E-state index contributed by atoms with van der Waals surface area (Å²) in [5.41, 5.74) is 3.41. The van der Waals surface area contributed by atoms with Gasteiger partial charge in [-0.3, -0.25) is 0 Å². The monoisotopic (exact) mass is 286 g/mol. The van der Waals surface area contributed by atoms with Gasteiger partial charge in [-0.1, -0.05) is 33.8 Å². The lowest BCUT2D eigenvalue weighted by Crippen LogP contribution is -1.77. The zero-order valence-electron chi connectivity index (χ0n) is 12.8. The van der Waals surface area contributed by atoms with Gasteiger partial charge in [-0.2, -0.15) is 0 Å². The first-order chi connectivity index (χ1) is 9.63. The molecule has 3 heteroatoms. The Labute approximate surface area is 124 Å². The highest BCUT2D eigenvalue weighted by Gasteiger charge is 2.09. The number of imidazole rings is 1. The van der Waals surface area contributed by atoms with Crippen molar-refractivity contribution in [3.8, 4) is 10.7 Å². The van der Waals surface area contributed by atoms with Crippen LogP contribution in [-0.2, 0) is 0 Å². The summed E-state index contributed by atoms with van der Waals surface area (Å²) in [7, 11) is 0. The predicted molar refractivity (Wildman–Crippen MR) is 89.6 cm³/mol. The van der Waals surface area contributed by atoms with Crippen LogP contribution in [0.5, 0.6) is 0 Å². The molecule has 2 nitrogen and oxygen atoms in total. The summed E-state index contributed by atoms with van der Waals surface area (Å²) >= 11 is 1.82. The number of aryl methyl sites for hydroxylation is 1. The Bertz CT molecular complexity index is 692. The number of hydrogen-bond donors (Lipinski definition) is 1. The molecule has 3 aromatic rings. The van der Waals surface area contributed by atoms with E-state index in [1.54, 1.807) is 0 Å². The molecule has 0 saturated heterocycles. The molecule has 0 unspecified atom stereocenters. The van der Waals surface area contributed by atoms with Crippen molar-refractivity contribution >= 4 is 22.4 Å². The van der Waals surface area contributed by atoms with Crippen LogP contribution in [0.25, 0.3) is 21.7 Å². The van der Waals surface area contributed by atoms with E-state index in [1.165, 1.54) is 15.3 Å². The normalized spacial score (nSPS) is 10.7. The molecule has 0 spiro atoms. The summed E-state index contributed by atoms with van der Waals surface area (Å²) in [4.78, 5) is 10.7. The number of nitrogens with zero attached hydrogens (tertiary/aromatic N) is 1. The van der Waals surface area contributed by atoms with Crippen LogP contribution in [0.1, 0.15) is 44.1 Å². The number of aromatic amines is 1. The maximum Gasteiger partial charge on any atom is 0.148 e. The number of rotatable bonds is 2. The maximum atomic E-state index is 4.65. The summed E-state index contributed by atoms with van der Waals surface area (Å²) in [6.07, 6.45) is 0. The van der Waals surface area contributed by atoms with Gasteiger partial charge in [0, 0.05) is 4.88 Å². The molecule has 0 amide bonds. The largest absolute Gasteiger partial charge is 0.337 e. The molecule has 106 valence electrons. The summed E-state index contributed by atoms with van der Waals surface area (Å²) in [6, 6.07) is 10.7. The third-order valence-electron chi connectivity index (χ3n) is 3.07. The number of H-pyrrole nitrogens is 1.